The summed E-state index contributed by atoms with van der Waals surface area (Å²) in [6.07, 6.45) is -2.26. The summed E-state index contributed by atoms with van der Waals surface area (Å²) in [6.45, 7) is 3.74. The zero-order valence-corrected chi connectivity index (χ0v) is 14.2. The van der Waals surface area contributed by atoms with Gasteiger partial charge in [0, 0.05) is 25.0 Å². The van der Waals surface area contributed by atoms with Gasteiger partial charge in [-0.05, 0) is 43.6 Å². The van der Waals surface area contributed by atoms with Gasteiger partial charge in [0.1, 0.15) is 0 Å². The number of nitrogens with one attached hydrogen (secondary N) is 2. The fourth-order valence-electron chi connectivity index (χ4n) is 3.41. The largest absolute Gasteiger partial charge is 0.416 e. The van der Waals surface area contributed by atoms with Crippen molar-refractivity contribution in [3.8, 4) is 0 Å². The molecule has 3 rings (SSSR count). The third kappa shape index (κ3) is 4.61. The second kappa shape index (κ2) is 8.01. The number of hydrogen-bond donors (Lipinski definition) is 3. The Labute approximate surface area is 146 Å². The van der Waals surface area contributed by atoms with E-state index in [2.05, 4.69) is 15.8 Å². The van der Waals surface area contributed by atoms with Crippen LogP contribution in [0.3, 0.4) is 0 Å². The summed E-state index contributed by atoms with van der Waals surface area (Å²) in [7, 11) is 0. The molecule has 1 aromatic rings. The van der Waals surface area contributed by atoms with Crippen LogP contribution in [0.2, 0.25) is 0 Å². The molecule has 0 aliphatic carbocycles. The van der Waals surface area contributed by atoms with Crippen LogP contribution >= 0.6 is 12.4 Å². The lowest BCUT2D eigenvalue weighted by Gasteiger charge is -2.33. The molecule has 24 heavy (non-hydrogen) atoms. The fourth-order valence-corrected chi connectivity index (χ4v) is 3.41. The van der Waals surface area contributed by atoms with Crippen molar-refractivity contribution in [2.75, 3.05) is 26.2 Å². The number of hydrazine groups is 1. The Balaban J connectivity index is 0.00000208. The zero-order chi connectivity index (χ0) is 16.4. The second-order valence-electron chi connectivity index (χ2n) is 6.52. The molecule has 2 unspecified atom stereocenters. The Morgan fingerprint density at radius 1 is 1.12 bits per heavy atom. The highest BCUT2D eigenvalue weighted by Gasteiger charge is 2.33. The van der Waals surface area contributed by atoms with Crippen LogP contribution < -0.4 is 16.6 Å². The number of alkyl halides is 3. The lowest BCUT2D eigenvalue weighted by Crippen LogP contribution is -2.42. The fraction of sp³-hybridized carbons (Fsp3) is 0.625. The molecule has 0 spiro atoms. The molecule has 0 aromatic heterocycles. The monoisotopic (exact) mass is 364 g/mol. The molecule has 1 aromatic carbocycles. The number of piperidine rings is 1. The number of nitrogens with zero attached hydrogens (tertiary/aromatic N) is 1. The van der Waals surface area contributed by atoms with Crippen molar-refractivity contribution in [1.29, 1.82) is 0 Å². The predicted molar refractivity (Wildman–Crippen MR) is 89.7 cm³/mol. The first-order valence-corrected chi connectivity index (χ1v) is 8.07. The van der Waals surface area contributed by atoms with Crippen molar-refractivity contribution in [3.05, 3.63) is 35.4 Å². The minimum Gasteiger partial charge on any atom is -0.328 e. The molecule has 2 saturated heterocycles. The normalized spacial score (nSPS) is 26.3. The van der Waals surface area contributed by atoms with Gasteiger partial charge >= 0.3 is 6.18 Å². The maximum atomic E-state index is 12.7. The van der Waals surface area contributed by atoms with E-state index in [4.69, 9.17) is 5.73 Å². The predicted octanol–water partition coefficient (Wildman–Crippen LogP) is 2.32. The second-order valence-corrected chi connectivity index (χ2v) is 6.52. The van der Waals surface area contributed by atoms with E-state index >= 15 is 0 Å². The quantitative estimate of drug-likeness (QED) is 0.770. The van der Waals surface area contributed by atoms with Gasteiger partial charge in [-0.3, -0.25) is 5.43 Å². The topological polar surface area (TPSA) is 53.3 Å². The molecule has 0 radical (unpaired) electrons. The lowest BCUT2D eigenvalue weighted by atomic mass is 9.93. The number of hydrogen-bond acceptors (Lipinski definition) is 4. The molecule has 2 atom stereocenters. The number of likely N-dealkylation sites (tertiary alicyclic amines) is 1. The number of benzene rings is 1. The maximum Gasteiger partial charge on any atom is 0.416 e. The van der Waals surface area contributed by atoms with Gasteiger partial charge in [0.2, 0.25) is 0 Å². The third-order valence-corrected chi connectivity index (χ3v) is 4.82. The van der Waals surface area contributed by atoms with E-state index in [0.717, 1.165) is 56.7 Å². The Morgan fingerprint density at radius 3 is 2.33 bits per heavy atom. The van der Waals surface area contributed by atoms with Crippen LogP contribution in [0.4, 0.5) is 13.2 Å². The Bertz CT molecular complexity index is 515. The van der Waals surface area contributed by atoms with Crippen LogP contribution in [0.1, 0.15) is 30.0 Å². The molecule has 2 fully saturated rings. The molecule has 2 aliphatic heterocycles. The lowest BCUT2D eigenvalue weighted by molar-refractivity contribution is -0.137. The Morgan fingerprint density at radius 2 is 1.75 bits per heavy atom. The minimum absolute atomic E-state index is 0. The van der Waals surface area contributed by atoms with Gasteiger partial charge in [-0.1, -0.05) is 12.1 Å². The minimum atomic E-state index is -4.29. The van der Waals surface area contributed by atoms with Crippen LogP contribution in [0, 0.1) is 5.92 Å². The molecule has 8 heteroatoms. The van der Waals surface area contributed by atoms with Crippen LogP contribution in [0.25, 0.3) is 0 Å². The Hall–Kier alpha value is -0.860. The SMILES string of the molecule is Cl.NC1CCN(CC2CNNC2c2ccc(C(F)(F)F)cc2)CC1. The van der Waals surface area contributed by atoms with Crippen LogP contribution in [-0.4, -0.2) is 37.1 Å². The first kappa shape index (κ1) is 19.5. The summed E-state index contributed by atoms with van der Waals surface area (Å²) in [5, 5.41) is 0. The van der Waals surface area contributed by atoms with Crippen molar-refractivity contribution in [1.82, 2.24) is 15.8 Å². The van der Waals surface area contributed by atoms with Gasteiger partial charge < -0.3 is 10.6 Å². The van der Waals surface area contributed by atoms with Crippen molar-refractivity contribution in [3.63, 3.8) is 0 Å². The summed E-state index contributed by atoms with van der Waals surface area (Å²) in [4.78, 5) is 2.40. The third-order valence-electron chi connectivity index (χ3n) is 4.82. The molecule has 0 amide bonds. The molecule has 0 bridgehead atoms. The average molecular weight is 365 g/mol. The molecular formula is C16H24ClF3N4. The van der Waals surface area contributed by atoms with Gasteiger partial charge in [-0.25, -0.2) is 5.43 Å². The van der Waals surface area contributed by atoms with Gasteiger partial charge in [0.05, 0.1) is 11.6 Å². The summed E-state index contributed by atoms with van der Waals surface area (Å²) in [5.74, 6) is 0.334. The summed E-state index contributed by atoms with van der Waals surface area (Å²) in [6, 6.07) is 5.81. The van der Waals surface area contributed by atoms with Gasteiger partial charge in [-0.15, -0.1) is 12.4 Å². The Kier molecular flexibility index (Phi) is 6.50. The maximum absolute atomic E-state index is 12.7. The van der Waals surface area contributed by atoms with Gasteiger partial charge in [-0.2, -0.15) is 13.2 Å². The highest BCUT2D eigenvalue weighted by molar-refractivity contribution is 5.85. The van der Waals surface area contributed by atoms with E-state index in [9.17, 15) is 13.2 Å². The first-order valence-electron chi connectivity index (χ1n) is 8.07. The first-order chi connectivity index (χ1) is 10.9. The zero-order valence-electron chi connectivity index (χ0n) is 13.4. The summed E-state index contributed by atoms with van der Waals surface area (Å²) in [5.41, 5.74) is 12.6. The van der Waals surface area contributed by atoms with Crippen molar-refractivity contribution < 1.29 is 13.2 Å². The highest BCUT2D eigenvalue weighted by Crippen LogP contribution is 2.32. The molecule has 0 saturated carbocycles. The molecule has 2 aliphatic rings. The number of nitrogens with two attached hydrogens (primary N) is 1. The van der Waals surface area contributed by atoms with E-state index in [0.29, 0.717) is 12.0 Å². The van der Waals surface area contributed by atoms with E-state index < -0.39 is 11.7 Å². The smallest absolute Gasteiger partial charge is 0.328 e. The molecule has 4 nitrogen and oxygen atoms in total. The van der Waals surface area contributed by atoms with E-state index in [1.807, 2.05) is 0 Å². The van der Waals surface area contributed by atoms with E-state index in [1.54, 1.807) is 12.1 Å². The van der Waals surface area contributed by atoms with Crippen LogP contribution in [0.5, 0.6) is 0 Å². The van der Waals surface area contributed by atoms with E-state index in [-0.39, 0.29) is 18.4 Å². The number of halogens is 4. The molecular weight excluding hydrogens is 341 g/mol. The van der Waals surface area contributed by atoms with E-state index in [1.165, 1.54) is 0 Å². The van der Waals surface area contributed by atoms with Crippen LogP contribution in [0.15, 0.2) is 24.3 Å². The molecule has 2 heterocycles. The summed E-state index contributed by atoms with van der Waals surface area (Å²) < 4.78 is 38.0. The van der Waals surface area contributed by atoms with Crippen molar-refractivity contribution >= 4 is 12.4 Å². The number of rotatable bonds is 3. The summed E-state index contributed by atoms with van der Waals surface area (Å²) >= 11 is 0. The van der Waals surface area contributed by atoms with Gasteiger partial charge in [0.15, 0.2) is 0 Å². The average Bonchev–Trinajstić information content (AvgIpc) is 2.97. The van der Waals surface area contributed by atoms with Crippen LogP contribution in [-0.2, 0) is 6.18 Å². The van der Waals surface area contributed by atoms with Gasteiger partial charge in [0.25, 0.3) is 0 Å². The standard InChI is InChI=1S/C16H23F3N4.ClH/c17-16(18,19)13-3-1-11(2-4-13)15-12(9-21-22-15)10-23-7-5-14(20)6-8-23;/h1-4,12,14-15,21-22H,5-10,20H2;1H. The van der Waals surface area contributed by atoms with Crippen molar-refractivity contribution in [2.45, 2.75) is 31.1 Å². The van der Waals surface area contributed by atoms with Crippen molar-refractivity contribution in [2.24, 2.45) is 11.7 Å². The highest BCUT2D eigenvalue weighted by atomic mass is 35.5. The molecule has 136 valence electrons. The molecule has 4 N–H and O–H groups in total.